The normalized spacial score (nSPS) is 12.5. The van der Waals surface area contributed by atoms with E-state index in [1.165, 1.54) is 36.4 Å². The van der Waals surface area contributed by atoms with E-state index in [-0.39, 0.29) is 45.6 Å². The van der Waals surface area contributed by atoms with Gasteiger partial charge in [0, 0.05) is 44.8 Å². The molecule has 10 aromatic rings. The van der Waals surface area contributed by atoms with Gasteiger partial charge in [0.2, 0.25) is 0 Å². The number of hydrogen-bond acceptors (Lipinski definition) is 13. The minimum absolute atomic E-state index is 0.119. The van der Waals surface area contributed by atoms with E-state index in [9.17, 15) is 29.9 Å². The topological polar surface area (TPSA) is 197 Å². The van der Waals surface area contributed by atoms with Gasteiger partial charge in [-0.15, -0.1) is 10.2 Å². The first-order chi connectivity index (χ1) is 30.7. The molecule has 0 spiro atoms. The highest BCUT2D eigenvalue weighted by atomic mass is 16.7. The zero-order valence-corrected chi connectivity index (χ0v) is 32.8. The predicted molar refractivity (Wildman–Crippen MR) is 238 cm³/mol. The molecule has 1 aliphatic carbocycles. The van der Waals surface area contributed by atoms with Crippen LogP contribution in [0.25, 0.3) is 60.1 Å². The highest BCUT2D eigenvalue weighted by Gasteiger charge is 2.28. The first-order valence-corrected chi connectivity index (χ1v) is 19.5. The molecule has 15 nitrogen and oxygen atoms in total. The van der Waals surface area contributed by atoms with Crippen molar-refractivity contribution in [2.24, 2.45) is 20.5 Å². The van der Waals surface area contributed by atoms with Crippen LogP contribution in [0.1, 0.15) is 15.9 Å². The lowest BCUT2D eigenvalue weighted by atomic mass is 10.0. The average molecular weight is 829 g/mol. The molecule has 1 aliphatic rings. The van der Waals surface area contributed by atoms with Crippen LogP contribution in [0.2, 0.25) is 0 Å². The van der Waals surface area contributed by atoms with Gasteiger partial charge < -0.3 is 10.2 Å². The molecule has 2 N–H and O–H groups in total. The number of carbonyl (C=O) groups excluding carboxylic acids is 1. The van der Waals surface area contributed by atoms with Gasteiger partial charge in [0.1, 0.15) is 28.5 Å². The Morgan fingerprint density at radius 3 is 2.08 bits per heavy atom. The van der Waals surface area contributed by atoms with Crippen LogP contribution in [0.15, 0.2) is 165 Å². The van der Waals surface area contributed by atoms with Crippen molar-refractivity contribution in [1.29, 1.82) is 0 Å². The fraction of sp³-hybridized carbons (Fsp3) is 0.0208. The Bertz CT molecular complexity index is 3750. The molecule has 0 radical (unpaired) electrons. The third-order valence-corrected chi connectivity index (χ3v) is 11.3. The number of aromatic nitrogens is 2. The van der Waals surface area contributed by atoms with Gasteiger partial charge in [-0.05, 0) is 71.1 Å². The molecule has 302 valence electrons. The summed E-state index contributed by atoms with van der Waals surface area (Å²) in [6.07, 6.45) is 0. The molecule has 2 aromatic heterocycles. The maximum absolute atomic E-state index is 13.9. The Labute approximate surface area is 354 Å². The standard InChI is InChI=1S/C48H28N8O7/c1-63-55(28-9-6-10-29(23-28)56(61)62)40-20-25-8-2-3-11-30(25)44(46(40)59)53-51-27-17-19-32-31-18-16-26(21-35(31)45(58)36(32)22-27)50-52-43-33-12-7-13-34-42(33)37(24-41(43)57)48(60)54-39-15-5-4-14-38(39)49-47(34)54/h2-24,57,59H,1H3. The molecule has 63 heavy (non-hydrogen) atoms. The van der Waals surface area contributed by atoms with Crippen molar-refractivity contribution >= 4 is 94.6 Å². The summed E-state index contributed by atoms with van der Waals surface area (Å²) >= 11 is 0. The molecule has 15 heteroatoms. The van der Waals surface area contributed by atoms with Crippen molar-refractivity contribution < 1.29 is 24.8 Å². The van der Waals surface area contributed by atoms with Gasteiger partial charge in [-0.3, -0.25) is 28.9 Å². The third-order valence-electron chi connectivity index (χ3n) is 11.3. The van der Waals surface area contributed by atoms with Crippen LogP contribution in [0.3, 0.4) is 0 Å². The fourth-order valence-electron chi connectivity index (χ4n) is 8.48. The number of nitro benzene ring substituents is 1. The molecule has 0 saturated heterocycles. The van der Waals surface area contributed by atoms with Crippen LogP contribution < -0.4 is 10.6 Å². The molecular formula is C48H28N8O7. The van der Waals surface area contributed by atoms with Crippen molar-refractivity contribution in [3.8, 4) is 22.6 Å². The summed E-state index contributed by atoms with van der Waals surface area (Å²) < 4.78 is 1.56. The van der Waals surface area contributed by atoms with Gasteiger partial charge in [-0.25, -0.2) is 10.0 Å². The Hall–Kier alpha value is -8.95. The maximum atomic E-state index is 13.9. The quantitative estimate of drug-likeness (QED) is 0.0850. The molecule has 8 aromatic carbocycles. The predicted octanol–water partition coefficient (Wildman–Crippen LogP) is 11.8. The summed E-state index contributed by atoms with van der Waals surface area (Å²) in [6, 6.07) is 39.3. The molecule has 0 fully saturated rings. The molecule has 0 atom stereocenters. The number of azo groups is 2. The second-order valence-electron chi connectivity index (χ2n) is 14.8. The van der Waals surface area contributed by atoms with Crippen LogP contribution >= 0.6 is 0 Å². The number of rotatable bonds is 8. The third kappa shape index (κ3) is 5.75. The zero-order valence-electron chi connectivity index (χ0n) is 32.8. The SMILES string of the molecule is CON(c1cccc([N+](=O)[O-])c1)c1cc2ccccc2c(N=Nc2ccc3c(c2)C(=O)c2cc(N=Nc4c(O)cc5c(=O)n6c7ccccc7nc6c6cccc4c56)ccc2-3)c1O. The summed E-state index contributed by atoms with van der Waals surface area (Å²) in [4.78, 5) is 49.1. The molecular weight excluding hydrogens is 801 g/mol. The number of carbonyl (C=O) groups is 1. The van der Waals surface area contributed by atoms with E-state index in [1.807, 2.05) is 48.5 Å². The molecule has 0 saturated carbocycles. The largest absolute Gasteiger partial charge is 0.506 e. The average Bonchev–Trinajstić information content (AvgIpc) is 3.83. The lowest BCUT2D eigenvalue weighted by Gasteiger charge is -2.23. The monoisotopic (exact) mass is 828 g/mol. The molecule has 2 heterocycles. The Morgan fingerprint density at radius 2 is 1.33 bits per heavy atom. The molecule has 0 aliphatic heterocycles. The minimum Gasteiger partial charge on any atom is -0.506 e. The second-order valence-corrected chi connectivity index (χ2v) is 14.8. The van der Waals surface area contributed by atoms with Gasteiger partial charge in [0.15, 0.2) is 11.5 Å². The lowest BCUT2D eigenvalue weighted by Crippen LogP contribution is -2.15. The van der Waals surface area contributed by atoms with Crippen molar-refractivity contribution in [2.75, 3.05) is 12.2 Å². The van der Waals surface area contributed by atoms with Crippen molar-refractivity contribution in [1.82, 2.24) is 9.38 Å². The number of phenols is 2. The maximum Gasteiger partial charge on any atom is 0.271 e. The van der Waals surface area contributed by atoms with Gasteiger partial charge in [0.25, 0.3) is 11.2 Å². The molecule has 0 unspecified atom stereocenters. The van der Waals surface area contributed by atoms with Crippen LogP contribution in [-0.4, -0.2) is 37.4 Å². The lowest BCUT2D eigenvalue weighted by molar-refractivity contribution is -0.384. The van der Waals surface area contributed by atoms with Gasteiger partial charge >= 0.3 is 0 Å². The van der Waals surface area contributed by atoms with Gasteiger partial charge in [-0.2, -0.15) is 10.2 Å². The highest BCUT2D eigenvalue weighted by Crippen LogP contribution is 2.47. The number of ketones is 1. The van der Waals surface area contributed by atoms with Crippen molar-refractivity contribution in [3.05, 3.63) is 171 Å². The van der Waals surface area contributed by atoms with E-state index >= 15 is 0 Å². The number of non-ortho nitro benzene ring substituents is 1. The number of hydrogen-bond donors (Lipinski definition) is 2. The first-order valence-electron chi connectivity index (χ1n) is 19.5. The molecule has 11 rings (SSSR count). The summed E-state index contributed by atoms with van der Waals surface area (Å²) in [5.41, 5.74) is 5.05. The molecule has 0 bridgehead atoms. The number of benzene rings is 8. The number of anilines is 2. The fourth-order valence-corrected chi connectivity index (χ4v) is 8.48. The number of phenolic OH excluding ortho intramolecular Hbond substituents is 2. The summed E-state index contributed by atoms with van der Waals surface area (Å²) in [7, 11) is 1.38. The number of pyridine rings is 1. The van der Waals surface area contributed by atoms with Gasteiger partial charge in [0.05, 0.1) is 45.5 Å². The van der Waals surface area contributed by atoms with Crippen LogP contribution in [-0.2, 0) is 4.84 Å². The Kier molecular flexibility index (Phi) is 8.28. The van der Waals surface area contributed by atoms with E-state index < -0.39 is 4.92 Å². The smallest absolute Gasteiger partial charge is 0.271 e. The Balaban J connectivity index is 0.916. The number of imidazole rings is 1. The number of nitrogens with zero attached hydrogens (tertiary/aromatic N) is 8. The number of para-hydroxylation sites is 2. The zero-order chi connectivity index (χ0) is 43.1. The number of fused-ring (bicyclic) bond motifs is 8. The Morgan fingerprint density at radius 1 is 0.667 bits per heavy atom. The second kappa shape index (κ2) is 14.1. The van der Waals surface area contributed by atoms with E-state index in [0.717, 1.165) is 5.39 Å². The summed E-state index contributed by atoms with van der Waals surface area (Å²) in [5, 5.41) is 56.9. The number of aromatic hydroxyl groups is 2. The van der Waals surface area contributed by atoms with E-state index in [4.69, 9.17) is 9.82 Å². The number of nitro groups is 1. The summed E-state index contributed by atoms with van der Waals surface area (Å²) in [5.74, 6) is -0.771. The van der Waals surface area contributed by atoms with E-state index in [1.54, 1.807) is 71.1 Å². The minimum atomic E-state index is -0.519. The van der Waals surface area contributed by atoms with Crippen molar-refractivity contribution in [2.45, 2.75) is 0 Å². The van der Waals surface area contributed by atoms with E-state index in [0.29, 0.717) is 82.9 Å². The van der Waals surface area contributed by atoms with Crippen LogP contribution in [0.4, 0.5) is 39.8 Å². The highest BCUT2D eigenvalue weighted by molar-refractivity contribution is 6.22. The van der Waals surface area contributed by atoms with E-state index in [2.05, 4.69) is 20.5 Å². The molecule has 0 amide bonds. The van der Waals surface area contributed by atoms with Crippen molar-refractivity contribution in [3.63, 3.8) is 0 Å². The summed E-state index contributed by atoms with van der Waals surface area (Å²) in [6.45, 7) is 0. The first kappa shape index (κ1) is 37.1. The van der Waals surface area contributed by atoms with Crippen LogP contribution in [0, 0.1) is 10.1 Å². The van der Waals surface area contributed by atoms with Crippen LogP contribution in [0.5, 0.6) is 11.5 Å². The van der Waals surface area contributed by atoms with Gasteiger partial charge in [-0.1, -0.05) is 72.8 Å².